The number of carbonyl (C=O) groups excluding carboxylic acids is 1. The van der Waals surface area contributed by atoms with Crippen LogP contribution in [0.25, 0.3) is 0 Å². The van der Waals surface area contributed by atoms with Crippen LogP contribution >= 0.6 is 0 Å². The fourth-order valence-electron chi connectivity index (χ4n) is 3.56. The van der Waals surface area contributed by atoms with Gasteiger partial charge in [-0.1, -0.05) is 23.8 Å². The minimum atomic E-state index is -1.07. The smallest absolute Gasteiger partial charge is 0.340 e. The Kier molecular flexibility index (Phi) is 3.80. The molecule has 0 fully saturated rings. The Morgan fingerprint density at radius 3 is 2.64 bits per heavy atom. The number of hydrogen-bond donors (Lipinski definition) is 1. The van der Waals surface area contributed by atoms with E-state index in [1.54, 1.807) is 30.3 Å². The van der Waals surface area contributed by atoms with E-state index < -0.39 is 5.60 Å². The van der Waals surface area contributed by atoms with Gasteiger partial charge in [0.2, 0.25) is 0 Å². The Bertz CT molecular complexity index is 1010. The zero-order valence-corrected chi connectivity index (χ0v) is 14.7. The van der Waals surface area contributed by atoms with Crippen LogP contribution in [0, 0.1) is 43.8 Å². The second kappa shape index (κ2) is 5.77. The normalized spacial score (nSPS) is 19.1. The predicted molar refractivity (Wildman–Crippen MR) is 85.2 cm³/mol. The van der Waals surface area contributed by atoms with Gasteiger partial charge in [-0.3, -0.25) is 0 Å². The molecule has 0 saturated heterocycles. The predicted octanol–water partition coefficient (Wildman–Crippen LogP) is 3.76. The van der Waals surface area contributed by atoms with Crippen LogP contribution in [0.4, 0.5) is 0 Å². The van der Waals surface area contributed by atoms with E-state index >= 15 is 0 Å². The number of esters is 1. The molecule has 127 valence electrons. The molecule has 1 spiro atoms. The molecule has 5 rings (SSSR count). The molecule has 4 nitrogen and oxygen atoms in total. The van der Waals surface area contributed by atoms with Crippen molar-refractivity contribution < 1.29 is 57.1 Å². The molecule has 2 heterocycles. The van der Waals surface area contributed by atoms with Gasteiger partial charge >= 0.3 is 5.97 Å². The molecular weight excluding hydrogens is 469 g/mol. The monoisotopic (exact) mass is 480 g/mol. The van der Waals surface area contributed by atoms with Crippen molar-refractivity contribution in [3.8, 4) is 17.2 Å². The number of phenolic OH excluding ortho intramolecular Hbond substituents is 1. The zero-order valence-electron chi connectivity index (χ0n) is 12.7. The summed E-state index contributed by atoms with van der Waals surface area (Å²) >= 11 is 0. The molecule has 0 aromatic heterocycles. The topological polar surface area (TPSA) is 55.8 Å². The van der Waals surface area contributed by atoms with E-state index in [4.69, 9.17) is 9.47 Å². The Hall–Kier alpha value is -2.01. The van der Waals surface area contributed by atoms with Crippen LogP contribution < -0.4 is 4.74 Å². The maximum Gasteiger partial charge on any atom is 0.340 e. The van der Waals surface area contributed by atoms with Gasteiger partial charge < -0.3 is 14.6 Å². The first-order valence-electron chi connectivity index (χ1n) is 7.55. The van der Waals surface area contributed by atoms with E-state index in [-0.39, 0.29) is 49.5 Å². The van der Waals surface area contributed by atoms with Crippen LogP contribution in [0.15, 0.2) is 60.7 Å². The first-order valence-corrected chi connectivity index (χ1v) is 7.55. The van der Waals surface area contributed by atoms with E-state index in [1.165, 1.54) is 6.07 Å². The summed E-state index contributed by atoms with van der Waals surface area (Å²) in [6, 6.07) is 20.5. The molecule has 3 aromatic carbocycles. The van der Waals surface area contributed by atoms with Crippen LogP contribution in [0.1, 0.15) is 27.0 Å². The summed E-state index contributed by atoms with van der Waals surface area (Å²) in [5, 5.41) is 9.82. The van der Waals surface area contributed by atoms with E-state index in [0.29, 0.717) is 22.6 Å². The summed E-state index contributed by atoms with van der Waals surface area (Å²) in [4.78, 5) is 12.5. The number of fused-ring (bicyclic) bond motifs is 6. The summed E-state index contributed by atoms with van der Waals surface area (Å²) in [6.45, 7) is 0. The fourth-order valence-corrected chi connectivity index (χ4v) is 3.56. The standard InChI is InChI=1S/C20H11O4.Ho/c21-12-9-10-16-18(11-12)23-17-8-4-3-7-15(17)20(16)14-6-2-1-5-13(14)19(22)24-20;/h1-3,5-11,21H;/q-1;. The van der Waals surface area contributed by atoms with Gasteiger partial charge in [0.15, 0.2) is 5.60 Å². The Labute approximate surface area is 174 Å². The first kappa shape index (κ1) is 16.5. The fraction of sp³-hybridized carbons (Fsp3) is 0.0500. The quantitative estimate of drug-likeness (QED) is 0.303. The number of benzene rings is 3. The molecule has 0 bridgehead atoms. The van der Waals surface area contributed by atoms with Gasteiger partial charge in [-0.15, -0.1) is 6.07 Å². The number of ether oxygens (including phenoxy) is 2. The summed E-state index contributed by atoms with van der Waals surface area (Å²) < 4.78 is 11.9. The molecule has 0 saturated carbocycles. The Morgan fingerprint density at radius 2 is 1.76 bits per heavy atom. The van der Waals surface area contributed by atoms with Gasteiger partial charge in [0.1, 0.15) is 11.5 Å². The van der Waals surface area contributed by atoms with Crippen LogP contribution in [0.5, 0.6) is 17.2 Å². The van der Waals surface area contributed by atoms with Crippen molar-refractivity contribution in [2.24, 2.45) is 0 Å². The van der Waals surface area contributed by atoms with Crippen molar-refractivity contribution in [2.45, 2.75) is 5.60 Å². The van der Waals surface area contributed by atoms with Gasteiger partial charge in [0, 0.05) is 60.7 Å². The SMILES string of the molecule is O=C1OC2(c3cc[c-]cc3Oc3cc(O)ccc32)c2ccccc21.[Ho]. The second-order valence-corrected chi connectivity index (χ2v) is 5.82. The Balaban J connectivity index is 0.00000157. The molecule has 2 aliphatic heterocycles. The molecular formula is C20H11HoO4-. The van der Waals surface area contributed by atoms with Crippen molar-refractivity contribution in [3.63, 3.8) is 0 Å². The molecule has 1 radical (unpaired) electrons. The van der Waals surface area contributed by atoms with Crippen molar-refractivity contribution >= 4 is 5.97 Å². The minimum absolute atomic E-state index is 0. The molecule has 3 aromatic rings. The largest absolute Gasteiger partial charge is 0.516 e. The number of aromatic hydroxyl groups is 1. The van der Waals surface area contributed by atoms with E-state index in [0.717, 1.165) is 11.1 Å². The number of hydrogen-bond acceptors (Lipinski definition) is 4. The summed E-state index contributed by atoms with van der Waals surface area (Å²) in [5.41, 5.74) is 1.68. The molecule has 0 aliphatic carbocycles. The molecule has 5 heteroatoms. The molecule has 0 amide bonds. The minimum Gasteiger partial charge on any atom is -0.516 e. The van der Waals surface area contributed by atoms with Crippen molar-refractivity contribution in [1.29, 1.82) is 0 Å². The molecule has 2 aliphatic rings. The molecule has 1 unspecified atom stereocenters. The molecule has 1 atom stereocenters. The number of phenols is 1. The van der Waals surface area contributed by atoms with Gasteiger partial charge in [0.05, 0.1) is 5.56 Å². The average molecular weight is 480 g/mol. The maximum atomic E-state index is 12.5. The van der Waals surface area contributed by atoms with Crippen LogP contribution in [0.3, 0.4) is 0 Å². The van der Waals surface area contributed by atoms with Crippen molar-refractivity contribution in [2.75, 3.05) is 0 Å². The maximum absolute atomic E-state index is 12.5. The van der Waals surface area contributed by atoms with Gasteiger partial charge in [-0.2, -0.15) is 18.2 Å². The third-order valence-electron chi connectivity index (χ3n) is 4.54. The number of carbonyl (C=O) groups is 1. The number of rotatable bonds is 0. The third-order valence-corrected chi connectivity index (χ3v) is 4.54. The Morgan fingerprint density at radius 1 is 0.960 bits per heavy atom. The van der Waals surface area contributed by atoms with E-state index in [1.807, 2.05) is 24.3 Å². The van der Waals surface area contributed by atoms with Gasteiger partial charge in [0.25, 0.3) is 0 Å². The second-order valence-electron chi connectivity index (χ2n) is 5.82. The first-order chi connectivity index (χ1) is 11.7. The van der Waals surface area contributed by atoms with Crippen molar-refractivity contribution in [3.05, 3.63) is 89.0 Å². The summed E-state index contributed by atoms with van der Waals surface area (Å²) in [7, 11) is 0. The zero-order chi connectivity index (χ0) is 16.3. The van der Waals surface area contributed by atoms with Crippen LogP contribution in [0.2, 0.25) is 0 Å². The van der Waals surface area contributed by atoms with Crippen LogP contribution in [-0.4, -0.2) is 11.1 Å². The van der Waals surface area contributed by atoms with Gasteiger partial charge in [-0.25, -0.2) is 4.79 Å². The van der Waals surface area contributed by atoms with E-state index in [2.05, 4.69) is 6.07 Å². The van der Waals surface area contributed by atoms with Crippen LogP contribution in [-0.2, 0) is 10.3 Å². The molecule has 25 heavy (non-hydrogen) atoms. The van der Waals surface area contributed by atoms with Gasteiger partial charge in [-0.05, 0) is 18.2 Å². The summed E-state index contributed by atoms with van der Waals surface area (Å²) in [5.74, 6) is 0.738. The molecule has 1 N–H and O–H groups in total. The average Bonchev–Trinajstić information content (AvgIpc) is 2.89. The summed E-state index contributed by atoms with van der Waals surface area (Å²) in [6.07, 6.45) is 0. The third kappa shape index (κ3) is 2.15. The van der Waals surface area contributed by atoms with Crippen molar-refractivity contribution in [1.82, 2.24) is 0 Å². The van der Waals surface area contributed by atoms with E-state index in [9.17, 15) is 9.90 Å².